The predicted octanol–water partition coefficient (Wildman–Crippen LogP) is 2.55. The lowest BCUT2D eigenvalue weighted by Gasteiger charge is -2.28. The monoisotopic (exact) mass is 375 g/mol. The number of hydrogen-bond donors (Lipinski definition) is 2. The van der Waals surface area contributed by atoms with Gasteiger partial charge in [0.05, 0.1) is 31.0 Å². The summed E-state index contributed by atoms with van der Waals surface area (Å²) in [4.78, 5) is 19.1. The Labute approximate surface area is 160 Å². The first-order valence-corrected chi connectivity index (χ1v) is 9.41. The molecule has 1 aromatic carbocycles. The van der Waals surface area contributed by atoms with Crippen LogP contribution in [-0.4, -0.2) is 59.9 Å². The molecule has 0 saturated carbocycles. The van der Waals surface area contributed by atoms with Gasteiger partial charge in [0.25, 0.3) is 0 Å². The van der Waals surface area contributed by atoms with Crippen LogP contribution in [-0.2, 0) is 15.9 Å². The van der Waals surface area contributed by atoms with Gasteiger partial charge in [-0.2, -0.15) is 0 Å². The zero-order chi connectivity index (χ0) is 19.6. The maximum atomic E-state index is 12.1. The third-order valence-electron chi connectivity index (χ3n) is 4.71. The highest BCUT2D eigenvalue weighted by Gasteiger charge is 2.33. The van der Waals surface area contributed by atoms with Gasteiger partial charge in [-0.3, -0.25) is 0 Å². The number of morpholine rings is 1. The number of rotatable bonds is 2. The van der Waals surface area contributed by atoms with Crippen molar-refractivity contribution in [1.29, 1.82) is 0 Å². The number of aliphatic hydroxyl groups is 1. The van der Waals surface area contributed by atoms with Crippen molar-refractivity contribution in [3.8, 4) is 0 Å². The summed E-state index contributed by atoms with van der Waals surface area (Å²) in [5.74, 6) is 0.938. The minimum absolute atomic E-state index is 0.492. The van der Waals surface area contributed by atoms with Crippen molar-refractivity contribution in [2.75, 3.05) is 26.3 Å². The van der Waals surface area contributed by atoms with Gasteiger partial charge in [0.2, 0.25) is 0 Å². The molecule has 7 nitrogen and oxygen atoms in total. The second-order valence-electron chi connectivity index (χ2n) is 8.04. The largest absolute Gasteiger partial charge is 0.444 e. The van der Waals surface area contributed by atoms with Crippen LogP contribution in [0.15, 0.2) is 23.2 Å². The number of aliphatic imine (C=N–C) groups is 1. The minimum Gasteiger partial charge on any atom is -0.444 e. The number of nitrogens with one attached hydrogen (secondary N) is 1. The van der Waals surface area contributed by atoms with E-state index in [9.17, 15) is 9.90 Å². The molecule has 1 aliphatic carbocycles. The molecule has 2 atom stereocenters. The van der Waals surface area contributed by atoms with E-state index in [1.165, 1.54) is 0 Å². The predicted molar refractivity (Wildman–Crippen MR) is 103 cm³/mol. The van der Waals surface area contributed by atoms with E-state index in [4.69, 9.17) is 14.5 Å². The van der Waals surface area contributed by atoms with E-state index < -0.39 is 23.8 Å². The van der Waals surface area contributed by atoms with E-state index in [1.807, 2.05) is 45.9 Å². The topological polar surface area (TPSA) is 83.4 Å². The minimum atomic E-state index is -0.674. The van der Waals surface area contributed by atoms with Crippen LogP contribution in [0, 0.1) is 0 Å². The van der Waals surface area contributed by atoms with E-state index in [0.717, 1.165) is 35.7 Å². The first kappa shape index (κ1) is 19.6. The molecule has 1 amide bonds. The van der Waals surface area contributed by atoms with Crippen molar-refractivity contribution in [2.45, 2.75) is 51.9 Å². The molecule has 0 bridgehead atoms. The number of amides is 1. The molecular weight excluding hydrogens is 346 g/mol. The van der Waals surface area contributed by atoms with Gasteiger partial charge in [-0.1, -0.05) is 6.07 Å². The summed E-state index contributed by atoms with van der Waals surface area (Å²) in [7, 11) is 0. The van der Waals surface area contributed by atoms with Gasteiger partial charge in [-0.25, -0.2) is 9.79 Å². The summed E-state index contributed by atoms with van der Waals surface area (Å²) in [6, 6.07) is 5.37. The number of alkyl carbamates (subject to hydrolysis) is 1. The number of amidine groups is 1. The first-order chi connectivity index (χ1) is 12.7. The Balaban J connectivity index is 1.76. The van der Waals surface area contributed by atoms with Gasteiger partial charge in [0, 0.05) is 19.5 Å². The Morgan fingerprint density at radius 2 is 2.04 bits per heavy atom. The number of aliphatic hydroxyl groups excluding tert-OH is 1. The molecule has 2 aliphatic rings. The Kier molecular flexibility index (Phi) is 5.72. The molecule has 0 unspecified atom stereocenters. The van der Waals surface area contributed by atoms with Crippen LogP contribution in [0.1, 0.15) is 44.9 Å². The molecule has 1 fully saturated rings. The molecule has 1 saturated heterocycles. The van der Waals surface area contributed by atoms with Crippen LogP contribution in [0.2, 0.25) is 0 Å². The summed E-state index contributed by atoms with van der Waals surface area (Å²) in [5.41, 5.74) is 2.14. The van der Waals surface area contributed by atoms with Crippen molar-refractivity contribution < 1.29 is 19.4 Å². The smallest absolute Gasteiger partial charge is 0.408 e. The lowest BCUT2D eigenvalue weighted by Crippen LogP contribution is -2.39. The summed E-state index contributed by atoms with van der Waals surface area (Å²) in [6.45, 7) is 10.5. The maximum Gasteiger partial charge on any atom is 0.408 e. The molecule has 1 heterocycles. The molecule has 0 aromatic heterocycles. The third kappa shape index (κ3) is 4.99. The van der Waals surface area contributed by atoms with Gasteiger partial charge in [0.15, 0.2) is 0 Å². The lowest BCUT2D eigenvalue weighted by molar-refractivity contribution is 0.0438. The number of carbonyl (C=O) groups is 1. The molecule has 148 valence electrons. The molecule has 1 aliphatic heterocycles. The van der Waals surface area contributed by atoms with Crippen molar-refractivity contribution in [3.63, 3.8) is 0 Å². The highest BCUT2D eigenvalue weighted by Crippen LogP contribution is 2.34. The second kappa shape index (κ2) is 7.86. The Morgan fingerprint density at radius 3 is 2.70 bits per heavy atom. The highest BCUT2D eigenvalue weighted by atomic mass is 16.6. The average molecular weight is 375 g/mol. The fraction of sp³-hybridized carbons (Fsp3) is 0.600. The van der Waals surface area contributed by atoms with Crippen LogP contribution < -0.4 is 5.32 Å². The van der Waals surface area contributed by atoms with Crippen molar-refractivity contribution in [2.24, 2.45) is 4.99 Å². The number of nitrogens with zero attached hydrogens (tertiary/aromatic N) is 2. The summed E-state index contributed by atoms with van der Waals surface area (Å²) in [6.07, 6.45) is -0.702. The number of fused-ring (bicyclic) bond motifs is 1. The lowest BCUT2D eigenvalue weighted by atomic mass is 10.1. The SMILES string of the molecule is CC(=Nc1ccc2c(c1)[C@@H](NC(=O)OC(C)(C)C)[C@H](O)C2)N1CCOCC1. The standard InChI is InChI=1S/C20H29N3O4/c1-13(23-7-9-26-10-8-23)21-15-6-5-14-11-17(24)18(16(14)12-15)22-19(25)27-20(2,3)4/h5-6,12,17-18,24H,7-11H2,1-4H3,(H,22,25)/t17-,18-/m1/s1. The summed E-state index contributed by atoms with van der Waals surface area (Å²) < 4.78 is 10.7. The molecule has 0 spiro atoms. The maximum absolute atomic E-state index is 12.1. The first-order valence-electron chi connectivity index (χ1n) is 9.41. The van der Waals surface area contributed by atoms with E-state index in [0.29, 0.717) is 19.6 Å². The molecule has 1 aromatic rings. The zero-order valence-corrected chi connectivity index (χ0v) is 16.5. The fourth-order valence-corrected chi connectivity index (χ4v) is 3.43. The third-order valence-corrected chi connectivity index (χ3v) is 4.71. The van der Waals surface area contributed by atoms with Gasteiger partial charge < -0.3 is 24.8 Å². The van der Waals surface area contributed by atoms with E-state index in [2.05, 4.69) is 10.2 Å². The van der Waals surface area contributed by atoms with Gasteiger partial charge in [-0.05, 0) is 51.0 Å². The number of hydrogen-bond acceptors (Lipinski definition) is 5. The van der Waals surface area contributed by atoms with Crippen LogP contribution in [0.3, 0.4) is 0 Å². The highest BCUT2D eigenvalue weighted by molar-refractivity contribution is 5.82. The van der Waals surface area contributed by atoms with Crippen molar-refractivity contribution in [3.05, 3.63) is 29.3 Å². The molecule has 3 rings (SSSR count). The van der Waals surface area contributed by atoms with Crippen molar-refractivity contribution >= 4 is 17.6 Å². The van der Waals surface area contributed by atoms with Crippen LogP contribution >= 0.6 is 0 Å². The van der Waals surface area contributed by atoms with Gasteiger partial charge in [-0.15, -0.1) is 0 Å². The average Bonchev–Trinajstić information content (AvgIpc) is 2.89. The molecule has 2 N–H and O–H groups in total. The molecular formula is C20H29N3O4. The molecule has 0 radical (unpaired) electrons. The Hall–Kier alpha value is -2.12. The molecule has 27 heavy (non-hydrogen) atoms. The summed E-state index contributed by atoms with van der Waals surface area (Å²) in [5, 5.41) is 13.2. The van der Waals surface area contributed by atoms with Gasteiger partial charge >= 0.3 is 6.09 Å². The molecule has 7 heteroatoms. The van der Waals surface area contributed by atoms with E-state index in [-0.39, 0.29) is 0 Å². The fourth-order valence-electron chi connectivity index (χ4n) is 3.43. The van der Waals surface area contributed by atoms with Crippen molar-refractivity contribution in [1.82, 2.24) is 10.2 Å². The Bertz CT molecular complexity index is 720. The normalized spacial score (nSPS) is 23.1. The van der Waals surface area contributed by atoms with Gasteiger partial charge in [0.1, 0.15) is 11.4 Å². The number of ether oxygens (including phenoxy) is 2. The van der Waals surface area contributed by atoms with E-state index >= 15 is 0 Å². The quantitative estimate of drug-likeness (QED) is 0.613. The van der Waals surface area contributed by atoms with Crippen LogP contribution in [0.4, 0.5) is 10.5 Å². The number of benzene rings is 1. The summed E-state index contributed by atoms with van der Waals surface area (Å²) >= 11 is 0. The Morgan fingerprint density at radius 1 is 1.33 bits per heavy atom. The second-order valence-corrected chi connectivity index (χ2v) is 8.04. The van der Waals surface area contributed by atoms with Crippen LogP contribution in [0.5, 0.6) is 0 Å². The van der Waals surface area contributed by atoms with Crippen LogP contribution in [0.25, 0.3) is 0 Å². The number of carbonyl (C=O) groups excluding carboxylic acids is 1. The zero-order valence-electron chi connectivity index (χ0n) is 16.5. The van der Waals surface area contributed by atoms with E-state index in [1.54, 1.807) is 0 Å².